The predicted molar refractivity (Wildman–Crippen MR) is 146 cm³/mol. The van der Waals surface area contributed by atoms with E-state index in [-0.39, 0.29) is 31.6 Å². The van der Waals surface area contributed by atoms with Crippen molar-refractivity contribution < 1.29 is 23.9 Å². The third-order valence-corrected chi connectivity index (χ3v) is 6.44. The molecular weight excluding hydrogens is 552 g/mol. The van der Waals surface area contributed by atoms with Crippen molar-refractivity contribution in [3.8, 4) is 0 Å². The number of esters is 1. The highest BCUT2D eigenvalue weighted by molar-refractivity contribution is 9.10. The second-order valence-corrected chi connectivity index (χ2v) is 9.70. The number of amides is 2. The number of benzene rings is 2. The van der Waals surface area contributed by atoms with E-state index in [1.165, 1.54) is 11.1 Å². The topological polar surface area (TPSA) is 110 Å². The van der Waals surface area contributed by atoms with Gasteiger partial charge in [0.1, 0.15) is 18.8 Å². The predicted octanol–water partition coefficient (Wildman–Crippen LogP) is 4.04. The van der Waals surface area contributed by atoms with Crippen molar-refractivity contribution in [3.05, 3.63) is 94.2 Å². The molecule has 2 aromatic carbocycles. The van der Waals surface area contributed by atoms with E-state index in [2.05, 4.69) is 31.5 Å². The lowest BCUT2D eigenvalue weighted by molar-refractivity contribution is -0.151. The zero-order valence-electron chi connectivity index (χ0n) is 20.9. The van der Waals surface area contributed by atoms with E-state index in [1.54, 1.807) is 31.3 Å². The summed E-state index contributed by atoms with van der Waals surface area (Å²) in [6.45, 7) is 2.58. The molecule has 0 bridgehead atoms. The number of ether oxygens (including phenoxy) is 2. The van der Waals surface area contributed by atoms with Gasteiger partial charge in [-0.05, 0) is 58.6 Å². The molecule has 38 heavy (non-hydrogen) atoms. The molecule has 3 aromatic rings. The Hall–Kier alpha value is -3.76. The van der Waals surface area contributed by atoms with Crippen LogP contribution in [0.5, 0.6) is 0 Å². The van der Waals surface area contributed by atoms with Gasteiger partial charge in [0.25, 0.3) is 5.91 Å². The smallest absolute Gasteiger partial charge is 0.407 e. The van der Waals surface area contributed by atoms with E-state index >= 15 is 0 Å². The average molecular weight is 581 g/mol. The number of hydrogen-bond acceptors (Lipinski definition) is 7. The Bertz CT molecular complexity index is 1270. The van der Waals surface area contributed by atoms with Gasteiger partial charge < -0.3 is 25.0 Å². The third kappa shape index (κ3) is 7.17. The summed E-state index contributed by atoms with van der Waals surface area (Å²) >= 11 is 3.34. The molecule has 0 saturated carbocycles. The Balaban J connectivity index is 1.26. The quantitative estimate of drug-likeness (QED) is 0.367. The molecule has 1 aliphatic rings. The van der Waals surface area contributed by atoms with Crippen LogP contribution in [-0.2, 0) is 20.7 Å². The van der Waals surface area contributed by atoms with Crippen LogP contribution in [-0.4, -0.2) is 55.3 Å². The Labute approximate surface area is 229 Å². The number of hydrogen-bond donors (Lipinski definition) is 2. The minimum atomic E-state index is -0.668. The lowest BCUT2D eigenvalue weighted by Crippen LogP contribution is -2.40. The van der Waals surface area contributed by atoms with Gasteiger partial charge in [0.15, 0.2) is 0 Å². The molecule has 1 aromatic heterocycles. The fraction of sp³-hybridized carbons (Fsp3) is 0.286. The summed E-state index contributed by atoms with van der Waals surface area (Å²) in [5.74, 6) is -0.661. The summed E-state index contributed by atoms with van der Waals surface area (Å²) < 4.78 is 11.5. The van der Waals surface area contributed by atoms with Crippen molar-refractivity contribution in [2.45, 2.75) is 25.5 Å². The largest absolute Gasteiger partial charge is 0.459 e. The number of halogens is 1. The number of para-hydroxylation sites is 1. The lowest BCUT2D eigenvalue weighted by Gasteiger charge is -2.26. The molecular formula is C28H29BrN4O5. The molecule has 1 aliphatic heterocycles. The first-order chi connectivity index (χ1) is 18.4. The molecule has 0 aliphatic carbocycles. The normalized spacial score (nSPS) is 15.1. The van der Waals surface area contributed by atoms with E-state index < -0.39 is 18.2 Å². The van der Waals surface area contributed by atoms with Crippen LogP contribution in [0.1, 0.15) is 34.5 Å². The van der Waals surface area contributed by atoms with Crippen molar-refractivity contribution in [3.63, 3.8) is 0 Å². The minimum Gasteiger partial charge on any atom is -0.459 e. The Morgan fingerprint density at radius 3 is 2.68 bits per heavy atom. The summed E-state index contributed by atoms with van der Waals surface area (Å²) in [5.41, 5.74) is 3.11. The molecule has 4 rings (SSSR count). The highest BCUT2D eigenvalue weighted by atomic mass is 79.9. The summed E-state index contributed by atoms with van der Waals surface area (Å²) in [4.78, 5) is 43.8. The van der Waals surface area contributed by atoms with Crippen molar-refractivity contribution in [1.82, 2.24) is 15.6 Å². The molecule has 2 amide bonds. The average Bonchev–Trinajstić information content (AvgIpc) is 2.94. The molecule has 2 atom stereocenters. The second-order valence-electron chi connectivity index (χ2n) is 8.78. The molecule has 2 heterocycles. The maximum atomic E-state index is 13.2. The van der Waals surface area contributed by atoms with Crippen LogP contribution in [0.3, 0.4) is 0 Å². The van der Waals surface area contributed by atoms with Gasteiger partial charge in [0, 0.05) is 29.1 Å². The zero-order chi connectivity index (χ0) is 26.9. The third-order valence-electron chi connectivity index (χ3n) is 6.01. The lowest BCUT2D eigenvalue weighted by atomic mass is 9.94. The molecule has 9 nitrogen and oxygen atoms in total. The van der Waals surface area contributed by atoms with Crippen molar-refractivity contribution >= 4 is 39.6 Å². The van der Waals surface area contributed by atoms with Crippen molar-refractivity contribution in [2.75, 3.05) is 31.1 Å². The first kappa shape index (κ1) is 27.3. The number of carbonyl (C=O) groups excluding carboxylic acids is 3. The summed E-state index contributed by atoms with van der Waals surface area (Å²) in [6, 6.07) is 18.1. The highest BCUT2D eigenvalue weighted by Crippen LogP contribution is 2.24. The number of carbonyl (C=O) groups is 3. The van der Waals surface area contributed by atoms with Gasteiger partial charge in [0.05, 0.1) is 18.7 Å². The number of anilines is 1. The molecule has 2 unspecified atom stereocenters. The fourth-order valence-corrected chi connectivity index (χ4v) is 4.54. The number of fused-ring (bicyclic) bond motifs is 1. The first-order valence-electron chi connectivity index (χ1n) is 12.3. The second kappa shape index (κ2) is 13.2. The Morgan fingerprint density at radius 2 is 1.89 bits per heavy atom. The monoisotopic (exact) mass is 580 g/mol. The summed E-state index contributed by atoms with van der Waals surface area (Å²) in [6.07, 6.45) is 2.72. The van der Waals surface area contributed by atoms with Crippen LogP contribution >= 0.6 is 15.9 Å². The van der Waals surface area contributed by atoms with Crippen LogP contribution in [0, 0.1) is 0 Å². The summed E-state index contributed by atoms with van der Waals surface area (Å²) in [5, 5.41) is 5.81. The number of rotatable bonds is 9. The number of nitrogens with one attached hydrogen (secondary N) is 2. The van der Waals surface area contributed by atoms with Crippen LogP contribution in [0.4, 0.5) is 10.5 Å². The number of nitrogens with zero attached hydrogens (tertiary/aromatic N) is 2. The van der Waals surface area contributed by atoms with Crippen LogP contribution in [0.25, 0.3) is 0 Å². The summed E-state index contributed by atoms with van der Waals surface area (Å²) in [7, 11) is 0. The number of pyridine rings is 1. The van der Waals surface area contributed by atoms with Gasteiger partial charge in [-0.25, -0.2) is 9.59 Å². The minimum absolute atomic E-state index is 0.0369. The van der Waals surface area contributed by atoms with Gasteiger partial charge in [-0.1, -0.05) is 42.5 Å². The van der Waals surface area contributed by atoms with Crippen LogP contribution < -0.4 is 15.5 Å². The van der Waals surface area contributed by atoms with E-state index in [9.17, 15) is 14.4 Å². The van der Waals surface area contributed by atoms with Crippen molar-refractivity contribution in [1.29, 1.82) is 0 Å². The Morgan fingerprint density at radius 1 is 1.13 bits per heavy atom. The van der Waals surface area contributed by atoms with Gasteiger partial charge in [0.2, 0.25) is 0 Å². The fourth-order valence-electron chi connectivity index (χ4n) is 4.17. The molecule has 2 N–H and O–H groups in total. The van der Waals surface area contributed by atoms with Gasteiger partial charge in [-0.3, -0.25) is 9.78 Å². The molecule has 0 radical (unpaired) electrons. The maximum absolute atomic E-state index is 13.2. The van der Waals surface area contributed by atoms with E-state index in [1.807, 2.05) is 42.5 Å². The van der Waals surface area contributed by atoms with E-state index in [0.29, 0.717) is 22.3 Å². The SMILES string of the molecule is CC(CNC(=O)OCCN(C(=O)c1cncc(Br)c1)c1ccccc1)OC(=O)C1NCCc2ccccc21. The molecule has 198 valence electrons. The standard InChI is InChI=1S/C28H29BrN4O5/c1-19(38-27(35)25-24-10-6-5-7-20(24)11-12-31-25)16-32-28(36)37-14-13-33(23-8-3-2-4-9-23)26(34)21-15-22(29)18-30-17-21/h2-10,15,17-19,25,31H,11-14,16H2,1H3,(H,32,36). The van der Waals surface area contributed by atoms with Gasteiger partial charge in [-0.15, -0.1) is 0 Å². The van der Waals surface area contributed by atoms with Gasteiger partial charge >= 0.3 is 12.1 Å². The molecule has 0 spiro atoms. The molecule has 0 saturated heterocycles. The zero-order valence-corrected chi connectivity index (χ0v) is 22.5. The van der Waals surface area contributed by atoms with E-state index in [0.717, 1.165) is 17.5 Å². The van der Waals surface area contributed by atoms with Crippen LogP contribution in [0.2, 0.25) is 0 Å². The maximum Gasteiger partial charge on any atom is 0.407 e. The Kier molecular flexibility index (Phi) is 9.45. The van der Waals surface area contributed by atoms with Gasteiger partial charge in [-0.2, -0.15) is 0 Å². The first-order valence-corrected chi connectivity index (χ1v) is 13.1. The van der Waals surface area contributed by atoms with Crippen LogP contribution in [0.15, 0.2) is 77.5 Å². The highest BCUT2D eigenvalue weighted by Gasteiger charge is 2.28. The number of alkyl carbamates (subject to hydrolysis) is 1. The van der Waals surface area contributed by atoms with E-state index in [4.69, 9.17) is 9.47 Å². The number of aromatic nitrogens is 1. The molecule has 0 fully saturated rings. The molecule has 10 heteroatoms. The van der Waals surface area contributed by atoms with Crippen molar-refractivity contribution in [2.24, 2.45) is 0 Å².